The second-order valence-corrected chi connectivity index (χ2v) is 7.81. The Balaban J connectivity index is 1.44. The zero-order valence-corrected chi connectivity index (χ0v) is 16.5. The number of amides is 1. The van der Waals surface area contributed by atoms with Crippen LogP contribution in [0.25, 0.3) is 5.69 Å². The molecule has 3 fully saturated rings. The van der Waals surface area contributed by atoms with Gasteiger partial charge in [-0.1, -0.05) is 6.07 Å². The molecule has 1 aromatic carbocycles. The molecule has 0 radical (unpaired) electrons. The summed E-state index contributed by atoms with van der Waals surface area (Å²) < 4.78 is 20.7. The smallest absolute Gasteiger partial charge is 0.256 e. The van der Waals surface area contributed by atoms with Crippen LogP contribution in [0.2, 0.25) is 0 Å². The van der Waals surface area contributed by atoms with E-state index in [1.165, 1.54) is 24.5 Å². The monoisotopic (exact) mass is 408 g/mol. The molecule has 3 atom stereocenters. The van der Waals surface area contributed by atoms with Crippen molar-refractivity contribution in [3.63, 3.8) is 0 Å². The van der Waals surface area contributed by atoms with Gasteiger partial charge in [0.15, 0.2) is 5.82 Å². The third-order valence-electron chi connectivity index (χ3n) is 5.85. The minimum Gasteiger partial charge on any atom is -0.471 e. The summed E-state index contributed by atoms with van der Waals surface area (Å²) in [5, 5.41) is 8.03. The number of ether oxygens (including phenoxy) is 1. The standard InChI is InChI=1S/C21H21FN6O2/c1-13-10-24-19(11-23-13)30-18-9-14-5-6-17(18)27(12-14)21(29)15-3-2-4-16(22)20(15)28-25-7-8-26-28/h2-4,7-8,10-11,14,17-18H,5-6,9,12H2,1H3. The Hall–Kier alpha value is -3.36. The molecule has 2 bridgehead atoms. The summed E-state index contributed by atoms with van der Waals surface area (Å²) in [5.74, 6) is 0.0154. The average Bonchev–Trinajstić information content (AvgIpc) is 3.29. The maximum Gasteiger partial charge on any atom is 0.256 e. The second-order valence-electron chi connectivity index (χ2n) is 7.81. The van der Waals surface area contributed by atoms with E-state index < -0.39 is 5.82 Å². The maximum absolute atomic E-state index is 14.6. The predicted octanol–water partition coefficient (Wildman–Crippen LogP) is 2.58. The fourth-order valence-corrected chi connectivity index (χ4v) is 4.47. The van der Waals surface area contributed by atoms with Crippen molar-refractivity contribution in [3.05, 3.63) is 60.1 Å². The van der Waals surface area contributed by atoms with Crippen molar-refractivity contribution in [3.8, 4) is 11.6 Å². The Bertz CT molecular complexity index is 1060. The van der Waals surface area contributed by atoms with Crippen LogP contribution in [-0.2, 0) is 0 Å². The number of aromatic nitrogens is 5. The fourth-order valence-electron chi connectivity index (χ4n) is 4.47. The molecule has 1 amide bonds. The molecule has 30 heavy (non-hydrogen) atoms. The number of fused-ring (bicyclic) bond motifs is 3. The van der Waals surface area contributed by atoms with Gasteiger partial charge in [-0.3, -0.25) is 9.78 Å². The van der Waals surface area contributed by atoms with E-state index in [4.69, 9.17) is 4.74 Å². The summed E-state index contributed by atoms with van der Waals surface area (Å²) >= 11 is 0. The molecule has 154 valence electrons. The minimum atomic E-state index is -0.540. The number of nitrogens with zero attached hydrogens (tertiary/aromatic N) is 6. The van der Waals surface area contributed by atoms with E-state index >= 15 is 0 Å². The Kier molecular flexibility index (Phi) is 4.65. The van der Waals surface area contributed by atoms with Gasteiger partial charge in [0, 0.05) is 6.54 Å². The molecule has 2 aliphatic heterocycles. The largest absolute Gasteiger partial charge is 0.471 e. The summed E-state index contributed by atoms with van der Waals surface area (Å²) in [4.78, 5) is 25.0. The van der Waals surface area contributed by atoms with Crippen LogP contribution in [0.5, 0.6) is 5.88 Å². The highest BCUT2D eigenvalue weighted by Gasteiger charge is 2.45. The van der Waals surface area contributed by atoms with Crippen molar-refractivity contribution in [1.29, 1.82) is 0 Å². The summed E-state index contributed by atoms with van der Waals surface area (Å²) in [6, 6.07) is 4.36. The van der Waals surface area contributed by atoms with Crippen molar-refractivity contribution in [2.24, 2.45) is 5.92 Å². The number of aryl methyl sites for hydroxylation is 1. The van der Waals surface area contributed by atoms with Gasteiger partial charge in [-0.2, -0.15) is 10.2 Å². The highest BCUT2D eigenvalue weighted by molar-refractivity contribution is 5.98. The van der Waals surface area contributed by atoms with Crippen LogP contribution in [-0.4, -0.2) is 54.5 Å². The van der Waals surface area contributed by atoms with E-state index in [0.29, 0.717) is 18.3 Å². The molecule has 2 saturated heterocycles. The van der Waals surface area contributed by atoms with Gasteiger partial charge in [0.2, 0.25) is 5.88 Å². The molecule has 1 aliphatic carbocycles. The zero-order valence-electron chi connectivity index (χ0n) is 16.5. The first-order valence-corrected chi connectivity index (χ1v) is 10.0. The molecule has 1 saturated carbocycles. The van der Waals surface area contributed by atoms with Crippen LogP contribution in [0.3, 0.4) is 0 Å². The van der Waals surface area contributed by atoms with E-state index in [1.54, 1.807) is 18.5 Å². The van der Waals surface area contributed by atoms with Gasteiger partial charge >= 0.3 is 0 Å². The number of hydrogen-bond donors (Lipinski definition) is 0. The molecule has 3 unspecified atom stereocenters. The molecule has 6 rings (SSSR count). The summed E-state index contributed by atoms with van der Waals surface area (Å²) in [7, 11) is 0. The lowest BCUT2D eigenvalue weighted by Gasteiger charge is -2.49. The number of carbonyl (C=O) groups excluding carboxylic acids is 1. The topological polar surface area (TPSA) is 86.0 Å². The summed E-state index contributed by atoms with van der Waals surface area (Å²) in [6.07, 6.45) is 8.76. The molecule has 3 aromatic rings. The van der Waals surface area contributed by atoms with Gasteiger partial charge in [0.1, 0.15) is 11.8 Å². The molecule has 8 nitrogen and oxygen atoms in total. The van der Waals surface area contributed by atoms with Crippen LogP contribution in [0.1, 0.15) is 35.3 Å². The van der Waals surface area contributed by atoms with E-state index in [0.717, 1.165) is 29.8 Å². The Morgan fingerprint density at radius 3 is 2.73 bits per heavy atom. The second kappa shape index (κ2) is 7.47. The van der Waals surface area contributed by atoms with Crippen molar-refractivity contribution in [1.82, 2.24) is 29.9 Å². The molecule has 3 aliphatic rings. The van der Waals surface area contributed by atoms with Crippen LogP contribution in [0, 0.1) is 18.7 Å². The van der Waals surface area contributed by atoms with Gasteiger partial charge in [-0.25, -0.2) is 9.37 Å². The first kappa shape index (κ1) is 18.7. The SMILES string of the molecule is Cc1cnc(OC2CC3CCC2N(C(=O)c2cccc(F)c2-n2nccn2)C3)cn1. The summed E-state index contributed by atoms with van der Waals surface area (Å²) in [6.45, 7) is 2.50. The van der Waals surface area contributed by atoms with E-state index in [9.17, 15) is 9.18 Å². The number of halogens is 1. The first-order valence-electron chi connectivity index (χ1n) is 10.0. The van der Waals surface area contributed by atoms with Crippen molar-refractivity contribution >= 4 is 5.91 Å². The third-order valence-corrected chi connectivity index (χ3v) is 5.85. The van der Waals surface area contributed by atoms with Gasteiger partial charge in [-0.15, -0.1) is 4.80 Å². The van der Waals surface area contributed by atoms with Gasteiger partial charge < -0.3 is 9.64 Å². The molecular weight excluding hydrogens is 387 g/mol. The van der Waals surface area contributed by atoms with E-state index in [2.05, 4.69) is 20.2 Å². The number of piperidine rings is 2. The van der Waals surface area contributed by atoms with Crippen LogP contribution in [0.4, 0.5) is 4.39 Å². The number of carbonyl (C=O) groups is 1. The highest BCUT2D eigenvalue weighted by atomic mass is 19.1. The van der Waals surface area contributed by atoms with Crippen LogP contribution >= 0.6 is 0 Å². The Morgan fingerprint density at radius 1 is 1.17 bits per heavy atom. The molecule has 2 aromatic heterocycles. The normalized spacial score (nSPS) is 22.9. The maximum atomic E-state index is 14.6. The van der Waals surface area contributed by atoms with Crippen LogP contribution < -0.4 is 4.74 Å². The van der Waals surface area contributed by atoms with Crippen LogP contribution in [0.15, 0.2) is 43.0 Å². The van der Waals surface area contributed by atoms with Gasteiger partial charge in [0.05, 0.1) is 42.1 Å². The third kappa shape index (κ3) is 3.30. The lowest BCUT2D eigenvalue weighted by atomic mass is 9.77. The predicted molar refractivity (Wildman–Crippen MR) is 105 cm³/mol. The molecule has 0 spiro atoms. The molecule has 9 heteroatoms. The lowest BCUT2D eigenvalue weighted by molar-refractivity contribution is -0.0315. The van der Waals surface area contributed by atoms with Crippen molar-refractivity contribution in [2.45, 2.75) is 38.3 Å². The van der Waals surface area contributed by atoms with Crippen molar-refractivity contribution in [2.75, 3.05) is 6.54 Å². The lowest BCUT2D eigenvalue weighted by Crippen LogP contribution is -2.59. The molecular formula is C21H21FN6O2. The summed E-state index contributed by atoms with van der Waals surface area (Å²) in [5.41, 5.74) is 1.12. The number of rotatable bonds is 4. The van der Waals surface area contributed by atoms with Gasteiger partial charge in [0.25, 0.3) is 5.91 Å². The minimum absolute atomic E-state index is 0.0656. The highest BCUT2D eigenvalue weighted by Crippen LogP contribution is 2.38. The molecule has 0 N–H and O–H groups in total. The fraction of sp³-hybridized carbons (Fsp3) is 0.381. The van der Waals surface area contributed by atoms with Gasteiger partial charge in [-0.05, 0) is 44.2 Å². The number of para-hydroxylation sites is 1. The Morgan fingerprint density at radius 2 is 2.00 bits per heavy atom. The molecule has 4 heterocycles. The van der Waals surface area contributed by atoms with Crippen molar-refractivity contribution < 1.29 is 13.9 Å². The number of hydrogen-bond acceptors (Lipinski definition) is 6. The Labute approximate surface area is 172 Å². The first-order chi connectivity index (χ1) is 14.6. The zero-order chi connectivity index (χ0) is 20.7. The quantitative estimate of drug-likeness (QED) is 0.660. The van der Waals surface area contributed by atoms with E-state index in [-0.39, 0.29) is 29.3 Å². The number of benzene rings is 1. The van der Waals surface area contributed by atoms with E-state index in [1.807, 2.05) is 11.8 Å². The average molecular weight is 408 g/mol.